The number of ether oxygens (including phenoxy) is 1. The maximum Gasteiger partial charge on any atom is 0.320 e. The summed E-state index contributed by atoms with van der Waals surface area (Å²) in [4.78, 5) is 37.7. The van der Waals surface area contributed by atoms with Crippen LogP contribution in [0.2, 0.25) is 0 Å². The molecule has 4 aromatic rings. The van der Waals surface area contributed by atoms with Gasteiger partial charge in [-0.1, -0.05) is 65.8 Å². The Hall–Kier alpha value is -4.38. The molecule has 0 aliphatic heterocycles. The molecule has 3 atom stereocenters. The normalized spacial score (nSPS) is 16.9. The Balaban J connectivity index is 1.29. The Morgan fingerprint density at radius 3 is 2.55 bits per heavy atom. The summed E-state index contributed by atoms with van der Waals surface area (Å²) in [6, 6.07) is 13.1. The van der Waals surface area contributed by atoms with Crippen LogP contribution in [0.25, 0.3) is 5.65 Å². The van der Waals surface area contributed by atoms with Crippen molar-refractivity contribution in [3.05, 3.63) is 77.1 Å². The highest BCUT2D eigenvalue weighted by atomic mass is 16.5. The topological polar surface area (TPSA) is 127 Å². The number of rotatable bonds is 12. The largest absolute Gasteiger partial charge is 0.484 e. The molecule has 1 aliphatic rings. The Labute approximate surface area is 277 Å². The van der Waals surface area contributed by atoms with E-state index in [1.54, 1.807) is 6.07 Å². The summed E-state index contributed by atoms with van der Waals surface area (Å²) in [6.45, 7) is 14.2. The van der Waals surface area contributed by atoms with Crippen LogP contribution in [0.3, 0.4) is 0 Å². The van der Waals surface area contributed by atoms with Crippen molar-refractivity contribution in [3.8, 4) is 5.75 Å². The van der Waals surface area contributed by atoms with E-state index in [0.29, 0.717) is 30.8 Å². The number of benzene rings is 1. The standard InChI is InChI=1S/C36H48N8O3/c1-8-23(3)34-42-41-32-19-16-24(22-44(32)34)47-29-18-17-27(25-13-10-11-14-26(25)29)37-35(46)40-31-21-30(36(4,5)6)38-33(39-31)28(45)15-12-20-43(7)9-2/h10-11,13-14,16,19,21-23,27,29H,8-9,12,15,17-18,20H2,1-7H3,(H2,37,38,39,40,46)/t23-,27-,29+/m0/s1. The van der Waals surface area contributed by atoms with E-state index < -0.39 is 0 Å². The van der Waals surface area contributed by atoms with E-state index in [1.165, 1.54) is 0 Å². The van der Waals surface area contributed by atoms with Crippen LogP contribution in [0.4, 0.5) is 10.6 Å². The highest BCUT2D eigenvalue weighted by molar-refractivity contribution is 5.94. The van der Waals surface area contributed by atoms with Gasteiger partial charge in [0.25, 0.3) is 0 Å². The molecule has 0 fully saturated rings. The number of pyridine rings is 1. The van der Waals surface area contributed by atoms with Crippen molar-refractivity contribution in [2.24, 2.45) is 0 Å². The molecule has 3 aromatic heterocycles. The van der Waals surface area contributed by atoms with Gasteiger partial charge in [-0.2, -0.15) is 0 Å². The number of fused-ring (bicyclic) bond motifs is 2. The molecule has 0 unspecified atom stereocenters. The zero-order valence-corrected chi connectivity index (χ0v) is 28.7. The summed E-state index contributed by atoms with van der Waals surface area (Å²) >= 11 is 0. The molecule has 2 amide bonds. The summed E-state index contributed by atoms with van der Waals surface area (Å²) in [7, 11) is 2.03. The van der Waals surface area contributed by atoms with E-state index in [-0.39, 0.29) is 41.1 Å². The maximum atomic E-state index is 13.4. The summed E-state index contributed by atoms with van der Waals surface area (Å²) in [5, 5.41) is 14.7. The van der Waals surface area contributed by atoms with Crippen LogP contribution in [0.15, 0.2) is 48.7 Å². The van der Waals surface area contributed by atoms with Gasteiger partial charge in [0.05, 0.1) is 17.9 Å². The van der Waals surface area contributed by atoms with Gasteiger partial charge in [0.2, 0.25) is 0 Å². The zero-order valence-electron chi connectivity index (χ0n) is 28.7. The highest BCUT2D eigenvalue weighted by Gasteiger charge is 2.30. The van der Waals surface area contributed by atoms with E-state index >= 15 is 0 Å². The second-order valence-electron chi connectivity index (χ2n) is 13.6. The number of carbonyl (C=O) groups excluding carboxylic acids is 2. The minimum absolute atomic E-state index is 0.129. The van der Waals surface area contributed by atoms with Gasteiger partial charge in [-0.3, -0.25) is 14.5 Å². The number of ketones is 1. The van der Waals surface area contributed by atoms with Crippen molar-refractivity contribution >= 4 is 23.3 Å². The van der Waals surface area contributed by atoms with E-state index in [1.807, 2.05) is 68.7 Å². The molecule has 11 nitrogen and oxygen atoms in total. The molecule has 1 aliphatic carbocycles. The van der Waals surface area contributed by atoms with Gasteiger partial charge < -0.3 is 15.0 Å². The predicted octanol–water partition coefficient (Wildman–Crippen LogP) is 7.02. The second-order valence-corrected chi connectivity index (χ2v) is 13.6. The quantitative estimate of drug-likeness (QED) is 0.158. The first-order chi connectivity index (χ1) is 22.5. The van der Waals surface area contributed by atoms with Gasteiger partial charge in [0.1, 0.15) is 23.5 Å². The molecule has 0 radical (unpaired) electrons. The minimum Gasteiger partial charge on any atom is -0.484 e. The zero-order chi connectivity index (χ0) is 33.7. The van der Waals surface area contributed by atoms with Crippen molar-refractivity contribution in [1.82, 2.24) is 34.8 Å². The Morgan fingerprint density at radius 1 is 1.06 bits per heavy atom. The number of Topliss-reactive ketones (excluding diaryl/α,β-unsaturated/α-hetero) is 1. The number of urea groups is 1. The molecule has 2 N–H and O–H groups in total. The average molecular weight is 641 g/mol. The fourth-order valence-corrected chi connectivity index (χ4v) is 5.77. The molecule has 47 heavy (non-hydrogen) atoms. The van der Waals surface area contributed by atoms with Crippen LogP contribution in [0.5, 0.6) is 5.75 Å². The lowest BCUT2D eigenvalue weighted by molar-refractivity contribution is 0.0966. The predicted molar refractivity (Wildman–Crippen MR) is 183 cm³/mol. The van der Waals surface area contributed by atoms with Gasteiger partial charge in [-0.15, -0.1) is 10.2 Å². The molecular weight excluding hydrogens is 592 g/mol. The minimum atomic E-state index is -0.388. The van der Waals surface area contributed by atoms with Crippen molar-refractivity contribution in [1.29, 1.82) is 0 Å². The van der Waals surface area contributed by atoms with Gasteiger partial charge in [-0.05, 0) is 69.1 Å². The Morgan fingerprint density at radius 2 is 1.83 bits per heavy atom. The Kier molecular flexibility index (Phi) is 10.5. The van der Waals surface area contributed by atoms with E-state index in [0.717, 1.165) is 54.3 Å². The summed E-state index contributed by atoms with van der Waals surface area (Å²) in [5.74, 6) is 2.25. The molecule has 5 rings (SSSR count). The molecule has 0 spiro atoms. The first-order valence-electron chi connectivity index (χ1n) is 16.8. The molecule has 0 saturated heterocycles. The third-order valence-corrected chi connectivity index (χ3v) is 8.94. The average Bonchev–Trinajstić information content (AvgIpc) is 3.48. The van der Waals surface area contributed by atoms with Gasteiger partial charge in [-0.25, -0.2) is 14.8 Å². The summed E-state index contributed by atoms with van der Waals surface area (Å²) in [5.41, 5.74) is 3.20. The number of nitrogens with one attached hydrogen (secondary N) is 2. The third kappa shape index (κ3) is 8.13. The first kappa shape index (κ1) is 34.0. The van der Waals surface area contributed by atoms with Crippen molar-refractivity contribution < 1.29 is 14.3 Å². The number of carbonyl (C=O) groups is 2. The SMILES string of the molecule is CC[C@H](C)c1nnc2ccc(O[C@@H]3CC[C@H](NC(=O)Nc4cc(C(C)(C)C)nc(C(=O)CCCN(C)CC)n4)c4ccccc43)cn12. The van der Waals surface area contributed by atoms with Crippen LogP contribution in [-0.4, -0.2) is 61.4 Å². The molecule has 11 heteroatoms. The van der Waals surface area contributed by atoms with Crippen LogP contribution in [0, 0.1) is 0 Å². The van der Waals surface area contributed by atoms with Crippen LogP contribution >= 0.6 is 0 Å². The molecule has 3 heterocycles. The number of hydrogen-bond donors (Lipinski definition) is 2. The highest BCUT2D eigenvalue weighted by Crippen LogP contribution is 2.39. The molecule has 0 bridgehead atoms. The number of amides is 2. The number of aromatic nitrogens is 5. The van der Waals surface area contributed by atoms with Crippen LogP contribution in [-0.2, 0) is 5.41 Å². The molecule has 0 saturated carbocycles. The van der Waals surface area contributed by atoms with E-state index in [4.69, 9.17) is 4.74 Å². The molecular formula is C36H48N8O3. The maximum absolute atomic E-state index is 13.4. The number of anilines is 1. The van der Waals surface area contributed by atoms with Gasteiger partial charge >= 0.3 is 6.03 Å². The first-order valence-corrected chi connectivity index (χ1v) is 16.8. The van der Waals surface area contributed by atoms with Crippen LogP contribution < -0.4 is 15.4 Å². The lowest BCUT2D eigenvalue weighted by atomic mass is 9.85. The lowest BCUT2D eigenvalue weighted by Gasteiger charge is -2.32. The second kappa shape index (κ2) is 14.6. The molecule has 250 valence electrons. The van der Waals surface area contributed by atoms with Crippen LogP contribution in [0.1, 0.15) is 125 Å². The lowest BCUT2D eigenvalue weighted by Crippen LogP contribution is -2.36. The number of hydrogen-bond acceptors (Lipinski definition) is 8. The summed E-state index contributed by atoms with van der Waals surface area (Å²) in [6.07, 6.45) is 5.23. The monoisotopic (exact) mass is 640 g/mol. The summed E-state index contributed by atoms with van der Waals surface area (Å²) < 4.78 is 8.56. The number of nitrogens with zero attached hydrogens (tertiary/aromatic N) is 6. The molecule has 1 aromatic carbocycles. The van der Waals surface area contributed by atoms with Gasteiger partial charge in [0, 0.05) is 23.8 Å². The fourth-order valence-electron chi connectivity index (χ4n) is 5.77. The fraction of sp³-hybridized carbons (Fsp3) is 0.500. The van der Waals surface area contributed by atoms with Gasteiger partial charge in [0.15, 0.2) is 17.3 Å². The Bertz CT molecular complexity index is 1710. The third-order valence-electron chi connectivity index (χ3n) is 8.94. The van der Waals surface area contributed by atoms with E-state index in [9.17, 15) is 9.59 Å². The van der Waals surface area contributed by atoms with E-state index in [2.05, 4.69) is 62.5 Å². The van der Waals surface area contributed by atoms with Crippen molar-refractivity contribution in [2.75, 3.05) is 25.5 Å². The van der Waals surface area contributed by atoms with Crippen molar-refractivity contribution in [2.45, 2.75) is 97.1 Å². The van der Waals surface area contributed by atoms with Crippen molar-refractivity contribution in [3.63, 3.8) is 0 Å². The smallest absolute Gasteiger partial charge is 0.320 e.